The van der Waals surface area contributed by atoms with Crippen molar-refractivity contribution in [3.8, 4) is 0 Å². The Morgan fingerprint density at radius 1 is 1.17 bits per heavy atom. The fourth-order valence-corrected chi connectivity index (χ4v) is 4.97. The van der Waals surface area contributed by atoms with Crippen molar-refractivity contribution in [2.24, 2.45) is 0 Å². The highest BCUT2D eigenvalue weighted by Crippen LogP contribution is 2.44. The van der Waals surface area contributed by atoms with Gasteiger partial charge in [0.05, 0.1) is 5.69 Å². The van der Waals surface area contributed by atoms with Gasteiger partial charge in [0.2, 0.25) is 5.91 Å². The molecule has 1 amide bonds. The fraction of sp³-hybridized carbons (Fsp3) is 0.560. The van der Waals surface area contributed by atoms with E-state index in [0.29, 0.717) is 6.42 Å². The second-order valence-corrected chi connectivity index (χ2v) is 10.2. The number of benzene rings is 1. The number of nitrogens with zero attached hydrogens (tertiary/aromatic N) is 2. The van der Waals surface area contributed by atoms with E-state index in [1.807, 2.05) is 23.1 Å². The summed E-state index contributed by atoms with van der Waals surface area (Å²) in [6, 6.07) is 10.2. The molecular formula is C25H33N3O2. The molecule has 1 aromatic heterocycles. The number of amides is 1. The van der Waals surface area contributed by atoms with Gasteiger partial charge in [0.15, 0.2) is 0 Å². The minimum absolute atomic E-state index is 0.0250. The highest BCUT2D eigenvalue weighted by atomic mass is 16.2. The lowest BCUT2D eigenvalue weighted by Crippen LogP contribution is -2.45. The molecule has 1 atom stereocenters. The van der Waals surface area contributed by atoms with Crippen molar-refractivity contribution >= 4 is 5.91 Å². The molecule has 30 heavy (non-hydrogen) atoms. The van der Waals surface area contributed by atoms with Crippen LogP contribution in [0.5, 0.6) is 0 Å². The first-order valence-corrected chi connectivity index (χ1v) is 11.2. The minimum Gasteiger partial charge on any atom is -0.343 e. The number of hydrogen-bond donors (Lipinski definition) is 1. The lowest BCUT2D eigenvalue weighted by atomic mass is 9.76. The SMILES string of the molecule is CC(CC(=O)N1CCC2(CCc3c2nc(C(C)(C)C)[nH]c3=O)CC1)c1ccccc1. The smallest absolute Gasteiger partial charge is 0.254 e. The van der Waals surface area contributed by atoms with Gasteiger partial charge in [-0.1, -0.05) is 58.0 Å². The van der Waals surface area contributed by atoms with Crippen molar-refractivity contribution in [2.75, 3.05) is 13.1 Å². The van der Waals surface area contributed by atoms with Crippen molar-refractivity contribution in [3.05, 3.63) is 63.3 Å². The topological polar surface area (TPSA) is 66.1 Å². The number of fused-ring (bicyclic) bond motifs is 2. The van der Waals surface area contributed by atoms with Crippen LogP contribution in [0.25, 0.3) is 0 Å². The van der Waals surface area contributed by atoms with Crippen LogP contribution in [0.1, 0.15) is 81.9 Å². The number of aromatic nitrogens is 2. The summed E-state index contributed by atoms with van der Waals surface area (Å²) in [4.78, 5) is 35.6. The van der Waals surface area contributed by atoms with Gasteiger partial charge in [0.1, 0.15) is 5.82 Å². The molecule has 1 spiro atoms. The zero-order valence-electron chi connectivity index (χ0n) is 18.6. The Kier molecular flexibility index (Phi) is 5.33. The standard InChI is InChI=1S/C25H33N3O2/c1-17(18-8-6-5-7-9-18)16-20(29)28-14-12-25(13-15-28)11-10-19-21(25)26-23(24(2,3)4)27-22(19)30/h5-9,17H,10-16H2,1-4H3,(H,26,27,30). The maximum Gasteiger partial charge on any atom is 0.254 e. The highest BCUT2D eigenvalue weighted by molar-refractivity contribution is 5.77. The molecule has 160 valence electrons. The number of carbonyl (C=O) groups excluding carboxylic acids is 1. The number of nitrogens with one attached hydrogen (secondary N) is 1. The molecule has 2 aromatic rings. The summed E-state index contributed by atoms with van der Waals surface area (Å²) in [6.45, 7) is 9.85. The third kappa shape index (κ3) is 3.82. The predicted octanol–water partition coefficient (Wildman–Crippen LogP) is 4.07. The first-order valence-electron chi connectivity index (χ1n) is 11.2. The van der Waals surface area contributed by atoms with Gasteiger partial charge < -0.3 is 9.88 Å². The van der Waals surface area contributed by atoms with E-state index in [1.54, 1.807) is 0 Å². The Labute approximate surface area is 178 Å². The average molecular weight is 408 g/mol. The van der Waals surface area contributed by atoms with Crippen molar-refractivity contribution < 1.29 is 4.79 Å². The summed E-state index contributed by atoms with van der Waals surface area (Å²) in [7, 11) is 0. The molecule has 1 unspecified atom stereocenters. The Morgan fingerprint density at radius 3 is 2.47 bits per heavy atom. The molecule has 0 saturated carbocycles. The van der Waals surface area contributed by atoms with Gasteiger partial charge in [0, 0.05) is 35.9 Å². The molecule has 1 aliphatic carbocycles. The van der Waals surface area contributed by atoms with Crippen LogP contribution in [-0.2, 0) is 22.0 Å². The van der Waals surface area contributed by atoms with Crippen LogP contribution >= 0.6 is 0 Å². The number of likely N-dealkylation sites (tertiary alicyclic amines) is 1. The van der Waals surface area contributed by atoms with E-state index in [4.69, 9.17) is 4.98 Å². The summed E-state index contributed by atoms with van der Waals surface area (Å²) in [5.41, 5.74) is 2.86. The van der Waals surface area contributed by atoms with Crippen molar-refractivity contribution in [1.82, 2.24) is 14.9 Å². The summed E-state index contributed by atoms with van der Waals surface area (Å²) >= 11 is 0. The van der Waals surface area contributed by atoms with E-state index in [-0.39, 0.29) is 28.2 Å². The molecule has 1 fully saturated rings. The monoisotopic (exact) mass is 407 g/mol. The van der Waals surface area contributed by atoms with Gasteiger partial charge in [-0.3, -0.25) is 9.59 Å². The number of rotatable bonds is 3. The number of piperidine rings is 1. The second-order valence-electron chi connectivity index (χ2n) is 10.2. The van der Waals surface area contributed by atoms with E-state index in [2.05, 4.69) is 44.8 Å². The normalized spacial score (nSPS) is 19.0. The summed E-state index contributed by atoms with van der Waals surface area (Å²) in [5, 5.41) is 0. The third-order valence-corrected chi connectivity index (χ3v) is 7.00. The Morgan fingerprint density at radius 2 is 1.83 bits per heavy atom. The van der Waals surface area contributed by atoms with E-state index in [0.717, 1.165) is 55.9 Å². The zero-order chi connectivity index (χ0) is 21.5. The Bertz CT molecular complexity index is 980. The maximum absolute atomic E-state index is 12.9. The van der Waals surface area contributed by atoms with Gasteiger partial charge >= 0.3 is 0 Å². The van der Waals surface area contributed by atoms with Crippen LogP contribution in [0, 0.1) is 0 Å². The molecule has 5 nitrogen and oxygen atoms in total. The zero-order valence-corrected chi connectivity index (χ0v) is 18.6. The predicted molar refractivity (Wildman–Crippen MR) is 119 cm³/mol. The first-order chi connectivity index (χ1) is 14.2. The van der Waals surface area contributed by atoms with Crippen LogP contribution in [0.2, 0.25) is 0 Å². The molecule has 4 rings (SSSR count). The van der Waals surface area contributed by atoms with Gasteiger partial charge in [-0.15, -0.1) is 0 Å². The van der Waals surface area contributed by atoms with Crippen LogP contribution in [0.3, 0.4) is 0 Å². The summed E-state index contributed by atoms with van der Waals surface area (Å²) in [6.07, 6.45) is 4.09. The van der Waals surface area contributed by atoms with Crippen molar-refractivity contribution in [1.29, 1.82) is 0 Å². The van der Waals surface area contributed by atoms with Gasteiger partial charge in [0.25, 0.3) is 5.56 Å². The van der Waals surface area contributed by atoms with Gasteiger partial charge in [-0.2, -0.15) is 0 Å². The second kappa shape index (κ2) is 7.68. The molecule has 1 aliphatic heterocycles. The molecule has 5 heteroatoms. The first kappa shape index (κ1) is 20.8. The summed E-state index contributed by atoms with van der Waals surface area (Å²) < 4.78 is 0. The molecular weight excluding hydrogens is 374 g/mol. The van der Waals surface area contributed by atoms with E-state index in [9.17, 15) is 9.59 Å². The van der Waals surface area contributed by atoms with E-state index in [1.165, 1.54) is 5.56 Å². The third-order valence-electron chi connectivity index (χ3n) is 7.00. The summed E-state index contributed by atoms with van der Waals surface area (Å²) in [5.74, 6) is 1.22. The lowest BCUT2D eigenvalue weighted by molar-refractivity contribution is -0.133. The van der Waals surface area contributed by atoms with Crippen LogP contribution in [0.15, 0.2) is 35.1 Å². The van der Waals surface area contributed by atoms with Crippen LogP contribution < -0.4 is 5.56 Å². The molecule has 2 heterocycles. The van der Waals surface area contributed by atoms with Crippen molar-refractivity contribution in [2.45, 2.75) is 76.5 Å². The maximum atomic E-state index is 12.9. The number of aromatic amines is 1. The molecule has 1 aromatic carbocycles. The number of H-pyrrole nitrogens is 1. The average Bonchev–Trinajstić information content (AvgIpc) is 3.07. The molecule has 2 aliphatic rings. The van der Waals surface area contributed by atoms with Crippen LogP contribution in [-0.4, -0.2) is 33.9 Å². The van der Waals surface area contributed by atoms with E-state index < -0.39 is 0 Å². The number of hydrogen-bond acceptors (Lipinski definition) is 3. The lowest BCUT2D eigenvalue weighted by Gasteiger charge is -2.40. The van der Waals surface area contributed by atoms with E-state index >= 15 is 0 Å². The van der Waals surface area contributed by atoms with Gasteiger partial charge in [-0.25, -0.2) is 4.98 Å². The fourth-order valence-electron chi connectivity index (χ4n) is 4.97. The number of carbonyl (C=O) groups is 1. The molecule has 0 radical (unpaired) electrons. The minimum atomic E-state index is -0.192. The highest BCUT2D eigenvalue weighted by Gasteiger charge is 2.45. The molecule has 1 N–H and O–H groups in total. The van der Waals surface area contributed by atoms with Crippen molar-refractivity contribution in [3.63, 3.8) is 0 Å². The Balaban J connectivity index is 1.47. The quantitative estimate of drug-likeness (QED) is 0.834. The Hall–Kier alpha value is -2.43. The molecule has 0 bridgehead atoms. The van der Waals surface area contributed by atoms with Gasteiger partial charge in [-0.05, 0) is 37.2 Å². The van der Waals surface area contributed by atoms with Crippen LogP contribution in [0.4, 0.5) is 0 Å². The largest absolute Gasteiger partial charge is 0.343 e. The molecule has 1 saturated heterocycles.